The normalized spacial score (nSPS) is 12.8. The van der Waals surface area contributed by atoms with Crippen molar-refractivity contribution in [3.05, 3.63) is 21.8 Å². The monoisotopic (exact) mass is 775 g/mol. The zero-order chi connectivity index (χ0) is 24.0. The van der Waals surface area contributed by atoms with E-state index in [2.05, 4.69) is 5.32 Å². The molecule has 3 amide bonds. The first-order chi connectivity index (χ1) is 14.4. The summed E-state index contributed by atoms with van der Waals surface area (Å²) in [6.07, 6.45) is -2.26. The fourth-order valence-electron chi connectivity index (χ4n) is 2.62. The summed E-state index contributed by atoms with van der Waals surface area (Å²) < 4.78 is 1.18. The van der Waals surface area contributed by atoms with Gasteiger partial charge < -0.3 is 35.5 Å². The lowest BCUT2D eigenvalue weighted by Gasteiger charge is -2.26. The Bertz CT molecular complexity index is 796. The third kappa shape index (κ3) is 7.32. The summed E-state index contributed by atoms with van der Waals surface area (Å²) in [6, 6.07) is 0. The Balaban J connectivity index is 3.64. The largest absolute Gasteiger partial charge is 0.394 e. The van der Waals surface area contributed by atoms with Gasteiger partial charge in [0.1, 0.15) is 0 Å². The first-order valence-electron chi connectivity index (χ1n) is 8.94. The number of amides is 3. The van der Waals surface area contributed by atoms with E-state index in [0.717, 1.165) is 0 Å². The Morgan fingerprint density at radius 3 is 1.48 bits per heavy atom. The molecule has 13 heteroatoms. The smallest absolute Gasteiger partial charge is 0.255 e. The number of aliphatic hydroxyl groups is 4. The van der Waals surface area contributed by atoms with Crippen LogP contribution < -0.4 is 5.32 Å². The minimum Gasteiger partial charge on any atom is -0.394 e. The number of hydrogen-bond donors (Lipinski definition) is 5. The van der Waals surface area contributed by atoms with Crippen molar-refractivity contribution in [2.24, 2.45) is 0 Å². The molecule has 1 aromatic rings. The van der Waals surface area contributed by atoms with Gasteiger partial charge in [0.2, 0.25) is 5.91 Å². The second-order valence-corrected chi connectivity index (χ2v) is 10.0. The third-order valence-electron chi connectivity index (χ3n) is 4.13. The summed E-state index contributed by atoms with van der Waals surface area (Å²) in [4.78, 5) is 40.5. The van der Waals surface area contributed by atoms with Crippen LogP contribution in [0.15, 0.2) is 0 Å². The van der Waals surface area contributed by atoms with Gasteiger partial charge in [0.25, 0.3) is 11.8 Å². The molecule has 0 radical (unpaired) electrons. The number of nitrogens with one attached hydrogen (secondary N) is 1. The van der Waals surface area contributed by atoms with Crippen LogP contribution in [0.25, 0.3) is 0 Å². The van der Waals surface area contributed by atoms with Crippen molar-refractivity contribution in [3.8, 4) is 0 Å². The van der Waals surface area contributed by atoms with Crippen LogP contribution in [-0.4, -0.2) is 101 Å². The Morgan fingerprint density at radius 2 is 1.19 bits per heavy atom. The number of aliphatic hydroxyl groups excluding tert-OH is 4. The Morgan fingerprint density at radius 1 is 0.839 bits per heavy atom. The van der Waals surface area contributed by atoms with Crippen molar-refractivity contribution >= 4 is 91.2 Å². The van der Waals surface area contributed by atoms with Crippen LogP contribution in [0.1, 0.15) is 27.6 Å². The number of anilines is 1. The molecule has 5 N–H and O–H groups in total. The minimum atomic E-state index is -1.13. The van der Waals surface area contributed by atoms with E-state index in [1.807, 2.05) is 67.8 Å². The summed E-state index contributed by atoms with van der Waals surface area (Å²) in [5, 5.41) is 40.2. The number of nitrogens with zero attached hydrogens (tertiary/aromatic N) is 2. The van der Waals surface area contributed by atoms with Gasteiger partial charge >= 0.3 is 0 Å². The molecule has 10 nitrogen and oxygen atoms in total. The molecular formula is C18H24I3N3O7. The molecule has 2 atom stereocenters. The van der Waals surface area contributed by atoms with Crippen LogP contribution in [0, 0.1) is 10.7 Å². The van der Waals surface area contributed by atoms with Crippen LogP contribution in [0.4, 0.5) is 5.69 Å². The highest BCUT2D eigenvalue weighted by Gasteiger charge is 2.31. The van der Waals surface area contributed by atoms with Gasteiger partial charge in [0, 0.05) is 37.7 Å². The summed E-state index contributed by atoms with van der Waals surface area (Å²) in [7, 11) is 2.91. The van der Waals surface area contributed by atoms with Crippen molar-refractivity contribution in [1.29, 1.82) is 0 Å². The maximum Gasteiger partial charge on any atom is 0.255 e. The zero-order valence-electron chi connectivity index (χ0n) is 17.0. The number of halogens is 3. The van der Waals surface area contributed by atoms with Gasteiger partial charge in [-0.15, -0.1) is 0 Å². The molecule has 174 valence electrons. The molecule has 1 aromatic carbocycles. The summed E-state index contributed by atoms with van der Waals surface area (Å²) in [5.41, 5.74) is 0.628. The van der Waals surface area contributed by atoms with Crippen molar-refractivity contribution in [2.75, 3.05) is 45.7 Å². The molecule has 0 saturated carbocycles. The van der Waals surface area contributed by atoms with Crippen molar-refractivity contribution < 1.29 is 34.8 Å². The van der Waals surface area contributed by atoms with Crippen molar-refractivity contribution in [1.82, 2.24) is 9.80 Å². The molecule has 1 rings (SSSR count). The van der Waals surface area contributed by atoms with Gasteiger partial charge in [0.15, 0.2) is 0 Å². The van der Waals surface area contributed by atoms with Crippen LogP contribution in [0.3, 0.4) is 0 Å². The molecule has 0 fully saturated rings. The summed E-state index contributed by atoms with van der Waals surface area (Å²) >= 11 is 5.72. The van der Waals surface area contributed by atoms with E-state index in [0.29, 0.717) is 16.4 Å². The Kier molecular flexibility index (Phi) is 11.8. The van der Waals surface area contributed by atoms with Crippen molar-refractivity contribution in [3.63, 3.8) is 0 Å². The van der Waals surface area contributed by atoms with E-state index >= 15 is 0 Å². The minimum absolute atomic E-state index is 0.130. The number of likely N-dealkylation sites (N-methyl/N-ethyl adjacent to an activating group) is 2. The van der Waals surface area contributed by atoms with Gasteiger partial charge in [-0.2, -0.15) is 0 Å². The zero-order valence-corrected chi connectivity index (χ0v) is 23.5. The first-order valence-corrected chi connectivity index (χ1v) is 12.2. The lowest BCUT2D eigenvalue weighted by atomic mass is 10.1. The highest BCUT2D eigenvalue weighted by atomic mass is 127. The average Bonchev–Trinajstić information content (AvgIpc) is 2.70. The molecular weight excluding hydrogens is 751 g/mol. The molecule has 0 aliphatic rings. The number of rotatable bonds is 9. The number of hydrogen-bond acceptors (Lipinski definition) is 7. The maximum absolute atomic E-state index is 13.2. The topological polar surface area (TPSA) is 151 Å². The molecule has 0 bridgehead atoms. The molecule has 0 spiro atoms. The standard InChI is InChI=1S/C18H24I3N3O7/c1-8(27)22-16-14(20)11(17(30)23(2)4-9(28)6-25)13(19)12(15(16)21)18(31)24(3)5-10(29)7-26/h9-10,25-26,28-29H,4-7H2,1-3H3,(H,22,27). The van der Waals surface area contributed by atoms with E-state index in [9.17, 15) is 24.6 Å². The molecule has 0 aliphatic carbocycles. The second-order valence-electron chi connectivity index (χ2n) is 6.79. The Labute approximate surface area is 220 Å². The fraction of sp³-hybridized carbons (Fsp3) is 0.500. The van der Waals surface area contributed by atoms with E-state index in [4.69, 9.17) is 10.2 Å². The van der Waals surface area contributed by atoms with Gasteiger partial charge in [-0.3, -0.25) is 14.4 Å². The SMILES string of the molecule is CC(=O)Nc1c(I)c(C(=O)N(C)CC(O)CO)c(I)c(C(=O)N(C)CC(O)CO)c1I. The summed E-state index contributed by atoms with van der Waals surface area (Å²) in [6.45, 7) is 0.0128. The fourth-order valence-corrected chi connectivity index (χ4v) is 6.98. The average molecular weight is 775 g/mol. The van der Waals surface area contributed by atoms with Gasteiger partial charge in [-0.1, -0.05) is 0 Å². The number of carbonyl (C=O) groups is 3. The van der Waals surface area contributed by atoms with Crippen LogP contribution >= 0.6 is 67.8 Å². The lowest BCUT2D eigenvalue weighted by molar-refractivity contribution is -0.114. The highest BCUT2D eigenvalue weighted by molar-refractivity contribution is 14.1. The van der Waals surface area contributed by atoms with E-state index < -0.39 is 37.2 Å². The molecule has 0 aliphatic heterocycles. The molecule has 0 saturated heterocycles. The second kappa shape index (κ2) is 12.8. The highest BCUT2D eigenvalue weighted by Crippen LogP contribution is 2.37. The Hall–Kier alpha value is -0.340. The first kappa shape index (κ1) is 28.7. The predicted octanol–water partition coefficient (Wildman–Crippen LogP) is 0.309. The molecule has 0 heterocycles. The quantitative estimate of drug-likeness (QED) is 0.227. The number of benzene rings is 1. The van der Waals surface area contributed by atoms with Gasteiger partial charge in [-0.25, -0.2) is 0 Å². The van der Waals surface area contributed by atoms with E-state index in [1.165, 1.54) is 30.8 Å². The molecule has 2 unspecified atom stereocenters. The molecule has 0 aromatic heterocycles. The van der Waals surface area contributed by atoms with Crippen LogP contribution in [-0.2, 0) is 4.79 Å². The van der Waals surface area contributed by atoms with Crippen LogP contribution in [0.5, 0.6) is 0 Å². The van der Waals surface area contributed by atoms with Gasteiger partial charge in [-0.05, 0) is 67.8 Å². The summed E-state index contributed by atoms with van der Waals surface area (Å²) in [5.74, 6) is -1.39. The lowest BCUT2D eigenvalue weighted by Crippen LogP contribution is -2.39. The van der Waals surface area contributed by atoms with Gasteiger partial charge in [0.05, 0.1) is 49.4 Å². The molecule has 31 heavy (non-hydrogen) atoms. The van der Waals surface area contributed by atoms with Crippen LogP contribution in [0.2, 0.25) is 0 Å². The van der Waals surface area contributed by atoms with Crippen molar-refractivity contribution in [2.45, 2.75) is 19.1 Å². The van der Waals surface area contributed by atoms with E-state index in [-0.39, 0.29) is 30.1 Å². The van der Waals surface area contributed by atoms with E-state index in [1.54, 1.807) is 0 Å². The maximum atomic E-state index is 13.2. The third-order valence-corrected chi connectivity index (χ3v) is 7.37. The predicted molar refractivity (Wildman–Crippen MR) is 139 cm³/mol. The number of carbonyl (C=O) groups excluding carboxylic acids is 3.